The minimum absolute atomic E-state index is 0.0800. The summed E-state index contributed by atoms with van der Waals surface area (Å²) in [5.74, 6) is 0.893. The molecule has 0 aromatic carbocycles. The molecule has 1 fully saturated rings. The van der Waals surface area contributed by atoms with E-state index >= 15 is 0 Å². The summed E-state index contributed by atoms with van der Waals surface area (Å²) in [6.07, 6.45) is 3.30. The van der Waals surface area contributed by atoms with Crippen molar-refractivity contribution in [1.29, 1.82) is 0 Å². The molecule has 5 heteroatoms. The molecule has 1 saturated heterocycles. The van der Waals surface area contributed by atoms with Gasteiger partial charge in [-0.1, -0.05) is 25.4 Å². The standard InChI is InChI=1S/C12H25N3O2/c1-10(2)9-17-8-7-15-6-4-3-5-11(15)12(13)14-16/h10-11,16H,3-9H2,1-2H3,(H2,13,14). The van der Waals surface area contributed by atoms with Crippen molar-refractivity contribution in [1.82, 2.24) is 4.90 Å². The van der Waals surface area contributed by atoms with Gasteiger partial charge in [0.1, 0.15) is 0 Å². The molecule has 3 N–H and O–H groups in total. The van der Waals surface area contributed by atoms with Crippen LogP contribution in [0, 0.1) is 5.92 Å². The number of nitrogens with zero attached hydrogens (tertiary/aromatic N) is 2. The van der Waals surface area contributed by atoms with E-state index in [9.17, 15) is 0 Å². The summed E-state index contributed by atoms with van der Waals surface area (Å²) in [4.78, 5) is 2.25. The molecule has 0 aromatic rings. The molecule has 5 nitrogen and oxygen atoms in total. The Kier molecular flexibility index (Phi) is 6.29. The highest BCUT2D eigenvalue weighted by Gasteiger charge is 2.25. The molecule has 0 aliphatic carbocycles. The first kappa shape index (κ1) is 14.3. The zero-order chi connectivity index (χ0) is 12.7. The summed E-state index contributed by atoms with van der Waals surface area (Å²) in [6, 6.07) is 0.0800. The lowest BCUT2D eigenvalue weighted by atomic mass is 10.0. The van der Waals surface area contributed by atoms with Gasteiger partial charge in [0.25, 0.3) is 0 Å². The first-order valence-electron chi connectivity index (χ1n) is 6.44. The van der Waals surface area contributed by atoms with Crippen LogP contribution in [-0.2, 0) is 4.74 Å². The van der Waals surface area contributed by atoms with Gasteiger partial charge >= 0.3 is 0 Å². The van der Waals surface area contributed by atoms with Crippen molar-refractivity contribution in [3.63, 3.8) is 0 Å². The Morgan fingerprint density at radius 1 is 1.53 bits per heavy atom. The lowest BCUT2D eigenvalue weighted by Gasteiger charge is -2.34. The zero-order valence-corrected chi connectivity index (χ0v) is 10.9. The summed E-state index contributed by atoms with van der Waals surface area (Å²) < 4.78 is 5.57. The van der Waals surface area contributed by atoms with Crippen LogP contribution in [0.3, 0.4) is 0 Å². The topological polar surface area (TPSA) is 71.1 Å². The number of oxime groups is 1. The predicted octanol–water partition coefficient (Wildman–Crippen LogP) is 1.26. The fraction of sp³-hybridized carbons (Fsp3) is 0.917. The summed E-state index contributed by atoms with van der Waals surface area (Å²) in [5, 5.41) is 11.9. The third-order valence-corrected chi connectivity index (χ3v) is 3.04. The Balaban J connectivity index is 2.33. The van der Waals surface area contributed by atoms with Crippen LogP contribution in [0.2, 0.25) is 0 Å². The lowest BCUT2D eigenvalue weighted by molar-refractivity contribution is 0.0716. The van der Waals surface area contributed by atoms with Crippen LogP contribution in [0.25, 0.3) is 0 Å². The molecule has 1 unspecified atom stereocenters. The van der Waals surface area contributed by atoms with Crippen LogP contribution in [0.15, 0.2) is 5.16 Å². The summed E-state index contributed by atoms with van der Waals surface area (Å²) in [7, 11) is 0. The van der Waals surface area contributed by atoms with E-state index in [0.29, 0.717) is 18.4 Å². The zero-order valence-electron chi connectivity index (χ0n) is 10.9. The molecular formula is C12H25N3O2. The van der Waals surface area contributed by atoms with Gasteiger partial charge in [-0.2, -0.15) is 0 Å². The second kappa shape index (κ2) is 7.50. The second-order valence-corrected chi connectivity index (χ2v) is 5.04. The molecule has 1 aliphatic heterocycles. The summed E-state index contributed by atoms with van der Waals surface area (Å²) in [5.41, 5.74) is 5.71. The number of hydrogen-bond acceptors (Lipinski definition) is 4. The highest BCUT2D eigenvalue weighted by molar-refractivity contribution is 5.85. The van der Waals surface area contributed by atoms with Crippen molar-refractivity contribution >= 4 is 5.84 Å². The van der Waals surface area contributed by atoms with E-state index < -0.39 is 0 Å². The van der Waals surface area contributed by atoms with Crippen LogP contribution in [0.1, 0.15) is 33.1 Å². The van der Waals surface area contributed by atoms with Crippen molar-refractivity contribution in [3.05, 3.63) is 0 Å². The van der Waals surface area contributed by atoms with Gasteiger partial charge in [-0.05, 0) is 25.3 Å². The smallest absolute Gasteiger partial charge is 0.156 e. The molecule has 17 heavy (non-hydrogen) atoms. The van der Waals surface area contributed by atoms with Gasteiger partial charge in [0.05, 0.1) is 12.6 Å². The number of nitrogens with two attached hydrogens (primary N) is 1. The molecule has 0 bridgehead atoms. The molecule has 0 amide bonds. The Morgan fingerprint density at radius 2 is 2.29 bits per heavy atom. The number of amidine groups is 1. The Bertz CT molecular complexity index is 244. The van der Waals surface area contributed by atoms with E-state index in [1.54, 1.807) is 0 Å². The Morgan fingerprint density at radius 3 is 2.94 bits per heavy atom. The second-order valence-electron chi connectivity index (χ2n) is 5.04. The number of piperidine rings is 1. The SMILES string of the molecule is CC(C)COCCN1CCCCC1C(N)=NO. The van der Waals surface area contributed by atoms with Gasteiger partial charge < -0.3 is 15.7 Å². The van der Waals surface area contributed by atoms with E-state index in [2.05, 4.69) is 23.9 Å². The van der Waals surface area contributed by atoms with E-state index in [1.807, 2.05) is 0 Å². The molecule has 1 heterocycles. The van der Waals surface area contributed by atoms with E-state index in [0.717, 1.165) is 32.5 Å². The van der Waals surface area contributed by atoms with E-state index in [1.165, 1.54) is 6.42 Å². The predicted molar refractivity (Wildman–Crippen MR) is 68.3 cm³/mol. The number of ether oxygens (including phenoxy) is 1. The number of hydrogen-bond donors (Lipinski definition) is 2. The third kappa shape index (κ3) is 4.91. The molecule has 0 saturated carbocycles. The van der Waals surface area contributed by atoms with Crippen molar-refractivity contribution in [2.75, 3.05) is 26.3 Å². The maximum Gasteiger partial charge on any atom is 0.156 e. The van der Waals surface area contributed by atoms with Crippen LogP contribution >= 0.6 is 0 Å². The molecule has 0 radical (unpaired) electrons. The fourth-order valence-corrected chi connectivity index (χ4v) is 2.16. The van der Waals surface area contributed by atoms with Crippen molar-refractivity contribution in [2.24, 2.45) is 16.8 Å². The molecule has 1 atom stereocenters. The summed E-state index contributed by atoms with van der Waals surface area (Å²) >= 11 is 0. The molecule has 0 aromatic heterocycles. The fourth-order valence-electron chi connectivity index (χ4n) is 2.16. The minimum Gasteiger partial charge on any atom is -0.409 e. The van der Waals surface area contributed by atoms with Gasteiger partial charge in [0.15, 0.2) is 5.84 Å². The quantitative estimate of drug-likeness (QED) is 0.242. The van der Waals surface area contributed by atoms with Gasteiger partial charge in [0, 0.05) is 13.2 Å². The highest BCUT2D eigenvalue weighted by atomic mass is 16.5. The largest absolute Gasteiger partial charge is 0.409 e. The molecule has 1 rings (SSSR count). The molecule has 1 aliphatic rings. The number of likely N-dealkylation sites (tertiary alicyclic amines) is 1. The van der Waals surface area contributed by atoms with Gasteiger partial charge in [-0.25, -0.2) is 0 Å². The molecule has 0 spiro atoms. The van der Waals surface area contributed by atoms with E-state index in [4.69, 9.17) is 15.7 Å². The van der Waals surface area contributed by atoms with Crippen molar-refractivity contribution in [3.8, 4) is 0 Å². The lowest BCUT2D eigenvalue weighted by Crippen LogP contribution is -2.48. The van der Waals surface area contributed by atoms with Gasteiger partial charge in [-0.15, -0.1) is 0 Å². The average Bonchev–Trinajstić information content (AvgIpc) is 2.34. The normalized spacial score (nSPS) is 23.2. The maximum absolute atomic E-state index is 8.75. The maximum atomic E-state index is 8.75. The molecular weight excluding hydrogens is 218 g/mol. The van der Waals surface area contributed by atoms with Crippen LogP contribution in [0.4, 0.5) is 0 Å². The summed E-state index contributed by atoms with van der Waals surface area (Å²) in [6.45, 7) is 7.65. The first-order chi connectivity index (χ1) is 8.15. The molecule has 100 valence electrons. The third-order valence-electron chi connectivity index (χ3n) is 3.04. The first-order valence-corrected chi connectivity index (χ1v) is 6.44. The number of rotatable bonds is 6. The van der Waals surface area contributed by atoms with Crippen LogP contribution in [-0.4, -0.2) is 48.3 Å². The van der Waals surface area contributed by atoms with Crippen molar-refractivity contribution < 1.29 is 9.94 Å². The monoisotopic (exact) mass is 243 g/mol. The average molecular weight is 243 g/mol. The van der Waals surface area contributed by atoms with Crippen LogP contribution < -0.4 is 5.73 Å². The highest BCUT2D eigenvalue weighted by Crippen LogP contribution is 2.16. The van der Waals surface area contributed by atoms with Gasteiger partial charge in [-0.3, -0.25) is 4.90 Å². The van der Waals surface area contributed by atoms with E-state index in [-0.39, 0.29) is 6.04 Å². The van der Waals surface area contributed by atoms with Crippen molar-refractivity contribution in [2.45, 2.75) is 39.2 Å². The van der Waals surface area contributed by atoms with Gasteiger partial charge in [0.2, 0.25) is 0 Å². The Labute approximate surface area is 104 Å². The Hall–Kier alpha value is -0.810. The van der Waals surface area contributed by atoms with Crippen LogP contribution in [0.5, 0.6) is 0 Å². The minimum atomic E-state index is 0.0800.